The summed E-state index contributed by atoms with van der Waals surface area (Å²) in [4.78, 5) is 27.6. The normalized spacial score (nSPS) is 13.9. The molecule has 1 saturated heterocycles. The number of hydrogen-bond acceptors (Lipinski definition) is 5. The number of halogens is 1. The Labute approximate surface area is 260 Å². The summed E-state index contributed by atoms with van der Waals surface area (Å²) in [7, 11) is 0. The number of ether oxygens (including phenoxy) is 2. The maximum absolute atomic E-state index is 14.7. The maximum atomic E-state index is 14.7. The number of anilines is 2. The number of piperidine rings is 1. The van der Waals surface area contributed by atoms with Crippen molar-refractivity contribution < 1.29 is 23.5 Å². The molecule has 0 spiro atoms. The zero-order valence-electron chi connectivity index (χ0n) is 26.3. The van der Waals surface area contributed by atoms with Crippen molar-refractivity contribution in [1.29, 1.82) is 0 Å². The standard InChI is InChI=1S/C35H45FN4O4/c1-5-8-19-40-20-17-29(18-21-40)43-28-12-9-25(10-13-28)34(41)37-27-11-16-33(24(4)22-27)44-30-14-15-32(31(36)23-30)39-35(42)38-26(6-2)7-3/h9-16,22-23,26,29H,5-8,17-21H2,1-4H3,(H,37,41)(H2,38,39,42). The van der Waals surface area contributed by atoms with Gasteiger partial charge in [-0.3, -0.25) is 4.79 Å². The molecule has 1 fully saturated rings. The summed E-state index contributed by atoms with van der Waals surface area (Å²) in [5, 5.41) is 8.29. The van der Waals surface area contributed by atoms with Crippen molar-refractivity contribution in [3.63, 3.8) is 0 Å². The summed E-state index contributed by atoms with van der Waals surface area (Å²) < 4.78 is 26.8. The van der Waals surface area contributed by atoms with Gasteiger partial charge in [0.1, 0.15) is 29.2 Å². The Kier molecular flexibility index (Phi) is 12.0. The molecule has 44 heavy (non-hydrogen) atoms. The van der Waals surface area contributed by atoms with Crippen molar-refractivity contribution in [1.82, 2.24) is 10.2 Å². The van der Waals surface area contributed by atoms with Gasteiger partial charge in [0.05, 0.1) is 5.69 Å². The number of amides is 3. The van der Waals surface area contributed by atoms with Gasteiger partial charge in [0.15, 0.2) is 0 Å². The van der Waals surface area contributed by atoms with E-state index in [-0.39, 0.29) is 29.5 Å². The summed E-state index contributed by atoms with van der Waals surface area (Å²) in [6, 6.07) is 16.4. The number of aryl methyl sites for hydroxylation is 1. The molecule has 0 aliphatic carbocycles. The lowest BCUT2D eigenvalue weighted by Crippen LogP contribution is -2.38. The second kappa shape index (κ2) is 16.1. The average molecular weight is 605 g/mol. The fourth-order valence-corrected chi connectivity index (χ4v) is 5.18. The van der Waals surface area contributed by atoms with E-state index >= 15 is 0 Å². The molecule has 3 N–H and O–H groups in total. The van der Waals surface area contributed by atoms with Gasteiger partial charge in [-0.1, -0.05) is 27.2 Å². The van der Waals surface area contributed by atoms with Gasteiger partial charge in [-0.25, -0.2) is 9.18 Å². The van der Waals surface area contributed by atoms with E-state index in [9.17, 15) is 14.0 Å². The Morgan fingerprint density at radius 2 is 1.64 bits per heavy atom. The minimum atomic E-state index is -0.604. The van der Waals surface area contributed by atoms with Gasteiger partial charge in [0, 0.05) is 36.4 Å². The number of hydrogen-bond donors (Lipinski definition) is 3. The van der Waals surface area contributed by atoms with Crippen LogP contribution in [0.4, 0.5) is 20.6 Å². The molecule has 3 aromatic carbocycles. The molecule has 236 valence electrons. The van der Waals surface area contributed by atoms with Gasteiger partial charge in [-0.15, -0.1) is 0 Å². The molecule has 8 nitrogen and oxygen atoms in total. The zero-order chi connectivity index (χ0) is 31.5. The first kappa shape index (κ1) is 32.8. The quantitative estimate of drug-likeness (QED) is 0.183. The van der Waals surface area contributed by atoms with Crippen LogP contribution in [0.15, 0.2) is 60.7 Å². The van der Waals surface area contributed by atoms with E-state index in [1.165, 1.54) is 25.0 Å². The van der Waals surface area contributed by atoms with Gasteiger partial charge in [-0.2, -0.15) is 0 Å². The maximum Gasteiger partial charge on any atom is 0.319 e. The molecule has 0 saturated carbocycles. The summed E-state index contributed by atoms with van der Waals surface area (Å²) in [6.45, 7) is 11.3. The molecule has 1 aliphatic heterocycles. The van der Waals surface area contributed by atoms with Gasteiger partial charge < -0.3 is 30.3 Å². The van der Waals surface area contributed by atoms with Crippen LogP contribution in [0.25, 0.3) is 0 Å². The predicted molar refractivity (Wildman–Crippen MR) is 174 cm³/mol. The minimum Gasteiger partial charge on any atom is -0.490 e. The van der Waals surface area contributed by atoms with Crippen molar-refractivity contribution >= 4 is 23.3 Å². The van der Waals surface area contributed by atoms with Crippen LogP contribution in [0.3, 0.4) is 0 Å². The monoisotopic (exact) mass is 604 g/mol. The van der Waals surface area contributed by atoms with Gasteiger partial charge in [0.25, 0.3) is 5.91 Å². The Bertz CT molecular complexity index is 1390. The molecule has 0 bridgehead atoms. The number of carbonyl (C=O) groups is 2. The molecular formula is C35H45FN4O4. The van der Waals surface area contributed by atoms with Crippen molar-refractivity contribution in [3.8, 4) is 17.2 Å². The van der Waals surface area contributed by atoms with Crippen molar-refractivity contribution in [2.75, 3.05) is 30.3 Å². The van der Waals surface area contributed by atoms with Crippen molar-refractivity contribution in [3.05, 3.63) is 77.6 Å². The lowest BCUT2D eigenvalue weighted by Gasteiger charge is -2.32. The number of unbranched alkanes of at least 4 members (excludes halogenated alkanes) is 1. The van der Waals surface area contributed by atoms with E-state index in [0.29, 0.717) is 17.0 Å². The molecule has 0 unspecified atom stereocenters. The van der Waals surface area contributed by atoms with E-state index in [0.717, 1.165) is 56.6 Å². The van der Waals surface area contributed by atoms with Crippen LogP contribution in [0.1, 0.15) is 75.2 Å². The summed E-state index contributed by atoms with van der Waals surface area (Å²) in [5.74, 6) is 0.751. The van der Waals surface area contributed by atoms with Gasteiger partial charge >= 0.3 is 6.03 Å². The summed E-state index contributed by atoms with van der Waals surface area (Å²) in [5.41, 5.74) is 1.98. The van der Waals surface area contributed by atoms with Crippen LogP contribution in [0.2, 0.25) is 0 Å². The molecule has 1 aliphatic rings. The molecule has 3 aromatic rings. The number of urea groups is 1. The number of rotatable bonds is 13. The molecular weight excluding hydrogens is 559 g/mol. The molecule has 1 heterocycles. The van der Waals surface area contributed by atoms with Crippen LogP contribution in [-0.2, 0) is 0 Å². The number of likely N-dealkylation sites (tertiary alicyclic amines) is 1. The number of benzene rings is 3. The fourth-order valence-electron chi connectivity index (χ4n) is 5.18. The SMILES string of the molecule is CCCCN1CCC(Oc2ccc(C(=O)Nc3ccc(Oc4ccc(NC(=O)NC(CC)CC)c(F)c4)c(C)c3)cc2)CC1. The second-order valence-electron chi connectivity index (χ2n) is 11.3. The predicted octanol–water partition coefficient (Wildman–Crippen LogP) is 8.13. The Morgan fingerprint density at radius 1 is 0.932 bits per heavy atom. The van der Waals surface area contributed by atoms with E-state index < -0.39 is 11.8 Å². The van der Waals surface area contributed by atoms with E-state index in [1.54, 1.807) is 36.4 Å². The van der Waals surface area contributed by atoms with E-state index in [2.05, 4.69) is 27.8 Å². The molecule has 0 aromatic heterocycles. The van der Waals surface area contributed by atoms with Crippen LogP contribution >= 0.6 is 0 Å². The second-order valence-corrected chi connectivity index (χ2v) is 11.3. The lowest BCUT2D eigenvalue weighted by atomic mass is 10.1. The van der Waals surface area contributed by atoms with Crippen LogP contribution in [0, 0.1) is 12.7 Å². The molecule has 0 atom stereocenters. The summed E-state index contributed by atoms with van der Waals surface area (Å²) >= 11 is 0. The highest BCUT2D eigenvalue weighted by molar-refractivity contribution is 6.04. The molecule has 4 rings (SSSR count). The van der Waals surface area contributed by atoms with Crippen LogP contribution in [-0.4, -0.2) is 48.6 Å². The minimum absolute atomic E-state index is 0.0323. The van der Waals surface area contributed by atoms with E-state index in [4.69, 9.17) is 9.47 Å². The third-order valence-corrected chi connectivity index (χ3v) is 7.95. The first-order chi connectivity index (χ1) is 21.3. The van der Waals surface area contributed by atoms with Gasteiger partial charge in [-0.05, 0) is 106 Å². The zero-order valence-corrected chi connectivity index (χ0v) is 26.3. The highest BCUT2D eigenvalue weighted by Gasteiger charge is 2.20. The number of nitrogens with one attached hydrogen (secondary N) is 3. The Hall–Kier alpha value is -4.11. The lowest BCUT2D eigenvalue weighted by molar-refractivity contribution is 0.0996. The van der Waals surface area contributed by atoms with E-state index in [1.807, 2.05) is 32.9 Å². The van der Waals surface area contributed by atoms with Crippen molar-refractivity contribution in [2.24, 2.45) is 0 Å². The van der Waals surface area contributed by atoms with Gasteiger partial charge in [0.2, 0.25) is 0 Å². The number of nitrogens with zero attached hydrogens (tertiary/aromatic N) is 1. The first-order valence-corrected chi connectivity index (χ1v) is 15.7. The van der Waals surface area contributed by atoms with Crippen LogP contribution in [0.5, 0.6) is 17.2 Å². The largest absolute Gasteiger partial charge is 0.490 e. The third kappa shape index (κ3) is 9.44. The smallest absolute Gasteiger partial charge is 0.319 e. The average Bonchev–Trinajstić information content (AvgIpc) is 3.02. The molecule has 3 amide bonds. The first-order valence-electron chi connectivity index (χ1n) is 15.7. The topological polar surface area (TPSA) is 91.9 Å². The highest BCUT2D eigenvalue weighted by Crippen LogP contribution is 2.30. The van der Waals surface area contributed by atoms with Crippen molar-refractivity contribution in [2.45, 2.75) is 78.4 Å². The molecule has 9 heteroatoms. The fraction of sp³-hybridized carbons (Fsp3) is 0.429. The Morgan fingerprint density at radius 3 is 2.27 bits per heavy atom. The highest BCUT2D eigenvalue weighted by atomic mass is 19.1. The summed E-state index contributed by atoms with van der Waals surface area (Å²) in [6.07, 6.45) is 6.27. The number of carbonyl (C=O) groups excluding carboxylic acids is 2. The Balaban J connectivity index is 1.28. The molecule has 0 radical (unpaired) electrons. The van der Waals surface area contributed by atoms with Crippen LogP contribution < -0.4 is 25.4 Å². The third-order valence-electron chi connectivity index (χ3n) is 7.95.